The van der Waals surface area contributed by atoms with Gasteiger partial charge in [-0.25, -0.2) is 4.98 Å². The van der Waals surface area contributed by atoms with Crippen LogP contribution < -0.4 is 0 Å². The predicted octanol–water partition coefficient (Wildman–Crippen LogP) is 7.71. The normalized spacial score (nSPS) is 11.7. The van der Waals surface area contributed by atoms with Crippen LogP contribution in [0.4, 0.5) is 0 Å². The van der Waals surface area contributed by atoms with Gasteiger partial charge >= 0.3 is 0 Å². The van der Waals surface area contributed by atoms with E-state index in [1.165, 1.54) is 5.56 Å². The highest BCUT2D eigenvalue weighted by atomic mass is 35.5. The fourth-order valence-corrected chi connectivity index (χ4v) is 4.40. The Morgan fingerprint density at radius 3 is 2.32 bits per heavy atom. The van der Waals surface area contributed by atoms with Crippen LogP contribution in [-0.4, -0.2) is 27.3 Å². The van der Waals surface area contributed by atoms with Gasteiger partial charge in [-0.05, 0) is 52.8 Å². The standard InChI is InChI=1S/C27H26Cl3N3O/c1-27(2,3)20-7-4-18(5-8-20)16-33(13-11-17-6-9-21(28)22(29)14-17)26(34)25-24-19(10-12-31-24)15-23(30)32-25/h4-10,12,14-15,31H,11,13,16H2,1-3H3. The van der Waals surface area contributed by atoms with E-state index in [0.717, 1.165) is 16.5 Å². The summed E-state index contributed by atoms with van der Waals surface area (Å²) in [5.41, 5.74) is 4.34. The largest absolute Gasteiger partial charge is 0.359 e. The SMILES string of the molecule is CC(C)(C)c1ccc(CN(CCc2ccc(Cl)c(Cl)c2)C(=O)c2nc(Cl)cc3cc[nH]c23)cc1. The number of aromatic nitrogens is 2. The Balaban J connectivity index is 1.64. The minimum atomic E-state index is -0.185. The Labute approximate surface area is 214 Å². The van der Waals surface area contributed by atoms with Crippen LogP contribution in [0.5, 0.6) is 0 Å². The van der Waals surface area contributed by atoms with E-state index < -0.39 is 0 Å². The Morgan fingerprint density at radius 1 is 0.941 bits per heavy atom. The van der Waals surface area contributed by atoms with Gasteiger partial charge in [0.15, 0.2) is 5.69 Å². The number of carbonyl (C=O) groups is 1. The first-order valence-electron chi connectivity index (χ1n) is 11.1. The molecule has 0 aliphatic heterocycles. The summed E-state index contributed by atoms with van der Waals surface area (Å²) in [4.78, 5) is 23.0. The summed E-state index contributed by atoms with van der Waals surface area (Å²) in [5, 5.41) is 2.14. The van der Waals surface area contributed by atoms with Gasteiger partial charge < -0.3 is 9.88 Å². The molecule has 4 aromatic rings. The average molecular weight is 515 g/mol. The summed E-state index contributed by atoms with van der Waals surface area (Å²) in [6, 6.07) is 17.6. The number of nitrogens with zero attached hydrogens (tertiary/aromatic N) is 2. The van der Waals surface area contributed by atoms with Crippen molar-refractivity contribution in [3.63, 3.8) is 0 Å². The number of halogens is 3. The molecule has 0 radical (unpaired) electrons. The molecule has 7 heteroatoms. The van der Waals surface area contributed by atoms with Crippen molar-refractivity contribution in [1.82, 2.24) is 14.9 Å². The van der Waals surface area contributed by atoms with Crippen LogP contribution in [0, 0.1) is 0 Å². The van der Waals surface area contributed by atoms with E-state index in [9.17, 15) is 4.79 Å². The molecule has 0 fully saturated rings. The molecule has 0 spiro atoms. The van der Waals surface area contributed by atoms with Crippen molar-refractivity contribution >= 4 is 51.6 Å². The predicted molar refractivity (Wildman–Crippen MR) is 141 cm³/mol. The molecule has 0 unspecified atom stereocenters. The fourth-order valence-electron chi connectivity index (χ4n) is 3.88. The number of rotatable bonds is 6. The molecule has 4 nitrogen and oxygen atoms in total. The third kappa shape index (κ3) is 5.57. The van der Waals surface area contributed by atoms with E-state index in [4.69, 9.17) is 34.8 Å². The Hall–Kier alpha value is -2.53. The lowest BCUT2D eigenvalue weighted by Gasteiger charge is -2.24. The molecular formula is C27H26Cl3N3O. The molecule has 176 valence electrons. The van der Waals surface area contributed by atoms with Crippen molar-refractivity contribution in [3.8, 4) is 0 Å². The molecule has 0 saturated carbocycles. The number of nitrogens with one attached hydrogen (secondary N) is 1. The van der Waals surface area contributed by atoms with Gasteiger partial charge in [0.2, 0.25) is 0 Å². The highest BCUT2D eigenvalue weighted by molar-refractivity contribution is 6.42. The van der Waals surface area contributed by atoms with Crippen LogP contribution >= 0.6 is 34.8 Å². The average Bonchev–Trinajstić information content (AvgIpc) is 3.26. The molecule has 1 N–H and O–H groups in total. The molecule has 0 aliphatic rings. The van der Waals surface area contributed by atoms with Gasteiger partial charge in [0, 0.05) is 24.7 Å². The molecule has 34 heavy (non-hydrogen) atoms. The van der Waals surface area contributed by atoms with Crippen molar-refractivity contribution in [2.24, 2.45) is 0 Å². The second-order valence-electron chi connectivity index (χ2n) is 9.41. The van der Waals surface area contributed by atoms with Gasteiger partial charge in [-0.3, -0.25) is 4.79 Å². The van der Waals surface area contributed by atoms with Gasteiger partial charge in [-0.1, -0.05) is 85.9 Å². The van der Waals surface area contributed by atoms with Crippen LogP contribution in [-0.2, 0) is 18.4 Å². The number of H-pyrrole nitrogens is 1. The van der Waals surface area contributed by atoms with Gasteiger partial charge in [0.25, 0.3) is 5.91 Å². The van der Waals surface area contributed by atoms with Crippen molar-refractivity contribution < 1.29 is 4.79 Å². The molecule has 2 aromatic carbocycles. The highest BCUT2D eigenvalue weighted by Crippen LogP contribution is 2.26. The number of fused-ring (bicyclic) bond motifs is 1. The van der Waals surface area contributed by atoms with E-state index in [-0.39, 0.29) is 16.5 Å². The van der Waals surface area contributed by atoms with Crippen molar-refractivity contribution in [3.05, 3.63) is 98.4 Å². The third-order valence-electron chi connectivity index (χ3n) is 5.85. The summed E-state index contributed by atoms with van der Waals surface area (Å²) in [5.74, 6) is -0.185. The maximum absolute atomic E-state index is 13.7. The van der Waals surface area contributed by atoms with Crippen LogP contribution in [0.2, 0.25) is 15.2 Å². The number of hydrogen-bond acceptors (Lipinski definition) is 2. The summed E-state index contributed by atoms with van der Waals surface area (Å²) >= 11 is 18.5. The quantitative estimate of drug-likeness (QED) is 0.268. The lowest BCUT2D eigenvalue weighted by molar-refractivity contribution is 0.0741. The zero-order valence-corrected chi connectivity index (χ0v) is 21.6. The minimum Gasteiger partial charge on any atom is -0.359 e. The van der Waals surface area contributed by atoms with Crippen molar-refractivity contribution in [2.45, 2.75) is 39.2 Å². The van der Waals surface area contributed by atoms with E-state index in [1.807, 2.05) is 18.2 Å². The van der Waals surface area contributed by atoms with Crippen LogP contribution in [0.15, 0.2) is 60.8 Å². The molecule has 1 amide bonds. The first-order valence-corrected chi connectivity index (χ1v) is 12.2. The second-order valence-corrected chi connectivity index (χ2v) is 10.6. The molecule has 2 heterocycles. The summed E-state index contributed by atoms with van der Waals surface area (Å²) in [6.45, 7) is 7.47. The van der Waals surface area contributed by atoms with Gasteiger partial charge in [-0.15, -0.1) is 0 Å². The lowest BCUT2D eigenvalue weighted by atomic mass is 9.87. The number of amides is 1. The second kappa shape index (κ2) is 9.99. The molecule has 0 aliphatic carbocycles. The zero-order valence-electron chi connectivity index (χ0n) is 19.3. The van der Waals surface area contributed by atoms with Crippen LogP contribution in [0.25, 0.3) is 10.9 Å². The molecule has 0 saturated heterocycles. The monoisotopic (exact) mass is 513 g/mol. The number of benzene rings is 2. The Kier molecular flexibility index (Phi) is 7.22. The summed E-state index contributed by atoms with van der Waals surface area (Å²) in [6.07, 6.45) is 2.40. The number of aromatic amines is 1. The summed E-state index contributed by atoms with van der Waals surface area (Å²) < 4.78 is 0. The maximum atomic E-state index is 13.7. The van der Waals surface area contributed by atoms with Crippen LogP contribution in [0.1, 0.15) is 48.0 Å². The van der Waals surface area contributed by atoms with Gasteiger partial charge in [-0.2, -0.15) is 0 Å². The van der Waals surface area contributed by atoms with Crippen molar-refractivity contribution in [1.29, 1.82) is 0 Å². The van der Waals surface area contributed by atoms with E-state index in [0.29, 0.717) is 40.8 Å². The van der Waals surface area contributed by atoms with Crippen molar-refractivity contribution in [2.75, 3.05) is 6.54 Å². The van der Waals surface area contributed by atoms with Gasteiger partial charge in [0.1, 0.15) is 5.15 Å². The Morgan fingerprint density at radius 2 is 1.65 bits per heavy atom. The first kappa shape index (κ1) is 24.6. The number of hydrogen-bond donors (Lipinski definition) is 1. The van der Waals surface area contributed by atoms with E-state index in [1.54, 1.807) is 23.2 Å². The Bertz CT molecular complexity index is 1320. The van der Waals surface area contributed by atoms with Crippen LogP contribution in [0.3, 0.4) is 0 Å². The lowest BCUT2D eigenvalue weighted by Crippen LogP contribution is -2.33. The van der Waals surface area contributed by atoms with E-state index in [2.05, 4.69) is 55.0 Å². The molecule has 2 aromatic heterocycles. The molecule has 0 atom stereocenters. The smallest absolute Gasteiger partial charge is 0.275 e. The fraction of sp³-hybridized carbons (Fsp3) is 0.259. The first-order chi connectivity index (χ1) is 16.1. The minimum absolute atomic E-state index is 0.0613. The maximum Gasteiger partial charge on any atom is 0.275 e. The van der Waals surface area contributed by atoms with Gasteiger partial charge in [0.05, 0.1) is 15.6 Å². The number of carbonyl (C=O) groups excluding carboxylic acids is 1. The van der Waals surface area contributed by atoms with E-state index >= 15 is 0 Å². The molecule has 4 rings (SSSR count). The summed E-state index contributed by atoms with van der Waals surface area (Å²) in [7, 11) is 0. The molecule has 0 bridgehead atoms. The third-order valence-corrected chi connectivity index (χ3v) is 6.78. The zero-order chi connectivity index (χ0) is 24.5. The topological polar surface area (TPSA) is 49.0 Å². The molecular weight excluding hydrogens is 489 g/mol. The highest BCUT2D eigenvalue weighted by Gasteiger charge is 2.22. The number of pyridine rings is 1.